The molecule has 3 heterocycles. The van der Waals surface area contributed by atoms with Crippen molar-refractivity contribution in [3.63, 3.8) is 0 Å². The Morgan fingerprint density at radius 1 is 0.838 bits per heavy atom. The van der Waals surface area contributed by atoms with Gasteiger partial charge in [-0.1, -0.05) is 50.4 Å². The van der Waals surface area contributed by atoms with Crippen LogP contribution in [0.3, 0.4) is 0 Å². The molecule has 0 bridgehead atoms. The van der Waals surface area contributed by atoms with Crippen molar-refractivity contribution >= 4 is 21.9 Å². The van der Waals surface area contributed by atoms with Crippen LogP contribution >= 0.6 is 0 Å². The summed E-state index contributed by atoms with van der Waals surface area (Å²) in [4.78, 5) is 4.32. The number of hydrogen-bond acceptors (Lipinski definition) is 5. The smallest absolute Gasteiger partial charge is 0.509 e. The van der Waals surface area contributed by atoms with Gasteiger partial charge in [-0.15, -0.1) is 29.4 Å². The fourth-order valence-electron chi connectivity index (χ4n) is 3.99. The van der Waals surface area contributed by atoms with E-state index in [4.69, 9.17) is 13.9 Å². The van der Waals surface area contributed by atoms with Crippen molar-refractivity contribution in [1.82, 2.24) is 14.8 Å². The number of pyridine rings is 1. The number of ether oxygens (including phenoxy) is 2. The SMILES string of the molecule is CC(C)(C)c1ccnc(Oc2ccn(-c3[c-]c(Oc4[c-]cc5c(c4)oc4ccccc45)ccc3)n2)c1.[Pt+2]. The summed E-state index contributed by atoms with van der Waals surface area (Å²) in [5.41, 5.74) is 3.44. The average Bonchev–Trinajstić information content (AvgIpc) is 3.48. The van der Waals surface area contributed by atoms with Crippen LogP contribution in [0.4, 0.5) is 0 Å². The van der Waals surface area contributed by atoms with Crippen molar-refractivity contribution in [1.29, 1.82) is 0 Å². The molecule has 0 atom stereocenters. The van der Waals surface area contributed by atoms with Gasteiger partial charge in [0, 0.05) is 41.6 Å². The molecule has 3 aromatic heterocycles. The minimum atomic E-state index is 0. The molecule has 0 aliphatic carbocycles. The van der Waals surface area contributed by atoms with Crippen LogP contribution in [0.25, 0.3) is 27.6 Å². The first-order chi connectivity index (χ1) is 17.4. The number of furan rings is 1. The molecule has 0 spiro atoms. The molecular formula is C30H23N3O3Pt. The second kappa shape index (κ2) is 9.87. The Morgan fingerprint density at radius 2 is 1.70 bits per heavy atom. The van der Waals surface area contributed by atoms with E-state index in [-0.39, 0.29) is 26.5 Å². The van der Waals surface area contributed by atoms with Crippen LogP contribution in [0, 0.1) is 12.1 Å². The van der Waals surface area contributed by atoms with Crippen molar-refractivity contribution in [3.05, 3.63) is 103 Å². The molecule has 3 aromatic carbocycles. The fourth-order valence-corrected chi connectivity index (χ4v) is 3.99. The summed E-state index contributed by atoms with van der Waals surface area (Å²) in [5.74, 6) is 2.03. The van der Waals surface area contributed by atoms with E-state index in [0.717, 1.165) is 27.5 Å². The Labute approximate surface area is 229 Å². The molecule has 6 aromatic rings. The zero-order valence-electron chi connectivity index (χ0n) is 20.5. The van der Waals surface area contributed by atoms with E-state index >= 15 is 0 Å². The molecule has 0 amide bonds. The second-order valence-electron chi connectivity index (χ2n) is 9.51. The van der Waals surface area contributed by atoms with Gasteiger partial charge in [0.1, 0.15) is 5.58 Å². The molecule has 0 saturated heterocycles. The summed E-state index contributed by atoms with van der Waals surface area (Å²) >= 11 is 0. The molecule has 0 saturated carbocycles. The topological polar surface area (TPSA) is 62.3 Å². The largest absolute Gasteiger partial charge is 2.00 e. The van der Waals surface area contributed by atoms with E-state index in [9.17, 15) is 0 Å². The number of hydrogen-bond donors (Lipinski definition) is 0. The first-order valence-corrected chi connectivity index (χ1v) is 11.7. The molecule has 0 unspecified atom stereocenters. The minimum absolute atomic E-state index is 0. The minimum Gasteiger partial charge on any atom is -0.509 e. The molecule has 0 N–H and O–H groups in total. The fraction of sp³-hybridized carbons (Fsp3) is 0.133. The first-order valence-electron chi connectivity index (χ1n) is 11.7. The van der Waals surface area contributed by atoms with E-state index in [1.165, 1.54) is 0 Å². The van der Waals surface area contributed by atoms with Crippen LogP contribution in [0.15, 0.2) is 89.6 Å². The Balaban J connectivity index is 0.00000280. The maximum atomic E-state index is 6.04. The maximum Gasteiger partial charge on any atom is 2.00 e. The van der Waals surface area contributed by atoms with Crippen molar-refractivity contribution < 1.29 is 35.0 Å². The second-order valence-corrected chi connectivity index (χ2v) is 9.51. The van der Waals surface area contributed by atoms with Gasteiger partial charge in [0.05, 0.1) is 0 Å². The average molecular weight is 669 g/mol. The van der Waals surface area contributed by atoms with E-state index in [2.05, 4.69) is 43.0 Å². The number of fused-ring (bicyclic) bond motifs is 3. The Hall–Kier alpha value is -3.89. The quantitative estimate of drug-likeness (QED) is 0.177. The molecule has 0 fully saturated rings. The van der Waals surface area contributed by atoms with Gasteiger partial charge < -0.3 is 13.9 Å². The van der Waals surface area contributed by atoms with Gasteiger partial charge in [-0.3, -0.25) is 4.68 Å². The third kappa shape index (κ3) is 5.16. The number of nitrogens with zero attached hydrogens (tertiary/aromatic N) is 3. The molecule has 37 heavy (non-hydrogen) atoms. The van der Waals surface area contributed by atoms with Crippen LogP contribution in [0.1, 0.15) is 26.3 Å². The molecule has 186 valence electrons. The normalized spacial score (nSPS) is 11.4. The monoisotopic (exact) mass is 668 g/mol. The Bertz CT molecular complexity index is 1700. The zero-order chi connectivity index (χ0) is 24.7. The number of benzene rings is 3. The summed E-state index contributed by atoms with van der Waals surface area (Å²) < 4.78 is 19.6. The van der Waals surface area contributed by atoms with Crippen LogP contribution in [-0.2, 0) is 26.5 Å². The first kappa shape index (κ1) is 24.8. The number of para-hydroxylation sites is 1. The Kier molecular flexibility index (Phi) is 6.61. The summed E-state index contributed by atoms with van der Waals surface area (Å²) in [6, 6.07) is 29.4. The molecule has 7 heteroatoms. The van der Waals surface area contributed by atoms with Gasteiger partial charge in [0.25, 0.3) is 0 Å². The van der Waals surface area contributed by atoms with Crippen molar-refractivity contribution in [3.8, 4) is 28.9 Å². The number of rotatable bonds is 5. The summed E-state index contributed by atoms with van der Waals surface area (Å²) in [7, 11) is 0. The molecule has 0 aliphatic heterocycles. The Morgan fingerprint density at radius 3 is 2.57 bits per heavy atom. The van der Waals surface area contributed by atoms with Gasteiger partial charge in [0.2, 0.25) is 11.8 Å². The van der Waals surface area contributed by atoms with E-state index in [0.29, 0.717) is 28.9 Å². The van der Waals surface area contributed by atoms with E-state index in [1.807, 2.05) is 72.9 Å². The molecule has 0 aliphatic rings. The zero-order valence-corrected chi connectivity index (χ0v) is 22.7. The van der Waals surface area contributed by atoms with Gasteiger partial charge in [0.15, 0.2) is 0 Å². The van der Waals surface area contributed by atoms with Gasteiger partial charge in [-0.2, -0.15) is 12.1 Å². The third-order valence-electron chi connectivity index (χ3n) is 5.88. The predicted molar refractivity (Wildman–Crippen MR) is 138 cm³/mol. The van der Waals surface area contributed by atoms with Crippen molar-refractivity contribution in [2.24, 2.45) is 0 Å². The van der Waals surface area contributed by atoms with Gasteiger partial charge in [-0.25, -0.2) is 4.98 Å². The number of aromatic nitrogens is 3. The molecular weight excluding hydrogens is 645 g/mol. The van der Waals surface area contributed by atoms with Crippen molar-refractivity contribution in [2.75, 3.05) is 0 Å². The molecule has 6 rings (SSSR count). The van der Waals surface area contributed by atoms with Gasteiger partial charge >= 0.3 is 21.1 Å². The summed E-state index contributed by atoms with van der Waals surface area (Å²) in [6.07, 6.45) is 3.56. The van der Waals surface area contributed by atoms with E-state index in [1.54, 1.807) is 16.9 Å². The molecule has 6 nitrogen and oxygen atoms in total. The molecule has 0 radical (unpaired) electrons. The van der Waals surface area contributed by atoms with Crippen LogP contribution < -0.4 is 9.47 Å². The predicted octanol–water partition coefficient (Wildman–Crippen LogP) is 7.65. The summed E-state index contributed by atoms with van der Waals surface area (Å²) in [5, 5.41) is 6.58. The standard InChI is InChI=1S/C30H23N3O3.Pt/c1-30(2,3)20-13-15-31-29(17-20)36-28-14-16-33(32-28)21-7-6-8-22(18-21)34-23-11-12-25-24-9-4-5-10-26(24)35-27(25)19-23;/h4-10,12-17,19H,1-3H3;/q-2;+2. The van der Waals surface area contributed by atoms with Crippen molar-refractivity contribution in [2.45, 2.75) is 26.2 Å². The van der Waals surface area contributed by atoms with Crippen LogP contribution in [0.5, 0.6) is 23.3 Å². The summed E-state index contributed by atoms with van der Waals surface area (Å²) in [6.45, 7) is 6.45. The van der Waals surface area contributed by atoms with Crippen LogP contribution in [-0.4, -0.2) is 14.8 Å². The van der Waals surface area contributed by atoms with Gasteiger partial charge in [-0.05, 0) is 34.2 Å². The third-order valence-corrected chi connectivity index (χ3v) is 5.88. The maximum absolute atomic E-state index is 6.04. The van der Waals surface area contributed by atoms with Crippen LogP contribution in [0.2, 0.25) is 0 Å². The van der Waals surface area contributed by atoms with E-state index < -0.39 is 0 Å².